The van der Waals surface area contributed by atoms with Crippen LogP contribution in [0.4, 0.5) is 4.39 Å². The van der Waals surface area contributed by atoms with Gasteiger partial charge in [-0.2, -0.15) is 0 Å². The molecule has 1 aromatic heterocycles. The average molecular weight is 327 g/mol. The molecule has 1 aromatic carbocycles. The summed E-state index contributed by atoms with van der Waals surface area (Å²) in [6.07, 6.45) is 2.33. The van der Waals surface area contributed by atoms with E-state index in [1.807, 2.05) is 0 Å². The molecule has 0 fully saturated rings. The highest BCUT2D eigenvalue weighted by Crippen LogP contribution is 2.32. The number of aliphatic hydroxyl groups is 1. The number of nitrogens with one attached hydrogen (secondary N) is 1. The molecule has 0 amide bonds. The van der Waals surface area contributed by atoms with Gasteiger partial charge in [-0.25, -0.2) is 9.37 Å². The second-order valence-electron chi connectivity index (χ2n) is 5.09. The fourth-order valence-electron chi connectivity index (χ4n) is 2.70. The first-order chi connectivity index (χ1) is 10.1. The molecule has 0 radical (unpaired) electrons. The van der Waals surface area contributed by atoms with Crippen LogP contribution in [0.5, 0.6) is 0 Å². The van der Waals surface area contributed by atoms with Crippen LogP contribution in [0.3, 0.4) is 0 Å². The molecule has 21 heavy (non-hydrogen) atoms. The van der Waals surface area contributed by atoms with E-state index in [2.05, 4.69) is 10.3 Å². The third-order valence-corrected chi connectivity index (χ3v) is 4.03. The van der Waals surface area contributed by atoms with Crippen molar-refractivity contribution in [1.29, 1.82) is 0 Å². The fraction of sp³-hybridized carbons (Fsp3) is 0.267. The molecule has 3 rings (SSSR count). The van der Waals surface area contributed by atoms with Gasteiger partial charge in [0.15, 0.2) is 0 Å². The molecule has 110 valence electrons. The second kappa shape index (κ2) is 5.89. The normalized spacial score (nSPS) is 21.1. The zero-order valence-electron chi connectivity index (χ0n) is 11.0. The van der Waals surface area contributed by atoms with Crippen LogP contribution in [0.1, 0.15) is 22.7 Å². The van der Waals surface area contributed by atoms with Crippen molar-refractivity contribution >= 4 is 23.2 Å². The Morgan fingerprint density at radius 3 is 2.81 bits per heavy atom. The first-order valence-electron chi connectivity index (χ1n) is 6.54. The minimum Gasteiger partial charge on any atom is -0.395 e. The van der Waals surface area contributed by atoms with Gasteiger partial charge in [-0.05, 0) is 47.4 Å². The minimum atomic E-state index is -0.395. The number of hydrogen-bond acceptors (Lipinski definition) is 3. The fourth-order valence-corrected chi connectivity index (χ4v) is 3.11. The topological polar surface area (TPSA) is 45.2 Å². The molecule has 2 N–H and O–H groups in total. The highest BCUT2D eigenvalue weighted by atomic mass is 35.5. The molecule has 0 bridgehead atoms. The predicted octanol–water partition coefficient (Wildman–Crippen LogP) is 3.12. The molecule has 0 aliphatic carbocycles. The average Bonchev–Trinajstić information content (AvgIpc) is 2.44. The zero-order chi connectivity index (χ0) is 15.0. The van der Waals surface area contributed by atoms with Gasteiger partial charge < -0.3 is 10.4 Å². The van der Waals surface area contributed by atoms with Crippen molar-refractivity contribution in [2.75, 3.05) is 6.61 Å². The van der Waals surface area contributed by atoms with Crippen molar-refractivity contribution in [3.8, 4) is 0 Å². The molecule has 0 saturated heterocycles. The molecule has 2 heterocycles. The number of rotatable bonds is 2. The maximum atomic E-state index is 13.6. The Kier molecular flexibility index (Phi) is 4.13. The van der Waals surface area contributed by atoms with Crippen LogP contribution in [-0.2, 0) is 6.42 Å². The Morgan fingerprint density at radius 2 is 2.10 bits per heavy atom. The Hall–Kier alpha value is -1.20. The van der Waals surface area contributed by atoms with E-state index in [1.54, 1.807) is 18.3 Å². The van der Waals surface area contributed by atoms with Gasteiger partial charge in [0.05, 0.1) is 12.6 Å². The summed E-state index contributed by atoms with van der Waals surface area (Å²) in [6.45, 7) is -0.0150. The van der Waals surface area contributed by atoms with Gasteiger partial charge >= 0.3 is 0 Å². The summed E-state index contributed by atoms with van der Waals surface area (Å²) in [5.41, 5.74) is 2.62. The number of fused-ring (bicyclic) bond motifs is 1. The maximum absolute atomic E-state index is 13.6. The summed E-state index contributed by atoms with van der Waals surface area (Å²) in [5.74, 6) is -0.395. The van der Waals surface area contributed by atoms with Crippen molar-refractivity contribution in [2.45, 2.75) is 18.5 Å². The van der Waals surface area contributed by atoms with Gasteiger partial charge in [-0.15, -0.1) is 0 Å². The standard InChI is InChI=1S/C15H13Cl2FN2O/c16-10-1-9(2-11(18)5-10)15-13-6-19-14(17)4-8(13)3-12(7-21)20-15/h1-2,4-6,12,15,20-21H,3,7H2/t12-,15-/m0/s1. The lowest BCUT2D eigenvalue weighted by Crippen LogP contribution is -2.42. The highest BCUT2D eigenvalue weighted by Gasteiger charge is 2.28. The first-order valence-corrected chi connectivity index (χ1v) is 7.29. The van der Waals surface area contributed by atoms with Crippen molar-refractivity contribution in [1.82, 2.24) is 10.3 Å². The zero-order valence-corrected chi connectivity index (χ0v) is 12.5. The van der Waals surface area contributed by atoms with Crippen LogP contribution in [0.2, 0.25) is 10.2 Å². The second-order valence-corrected chi connectivity index (χ2v) is 5.92. The number of halogens is 3. The summed E-state index contributed by atoms with van der Waals surface area (Å²) in [4.78, 5) is 4.10. The Bertz CT molecular complexity index is 660. The van der Waals surface area contributed by atoms with Gasteiger partial charge in [0.1, 0.15) is 11.0 Å². The summed E-state index contributed by atoms with van der Waals surface area (Å²) < 4.78 is 13.6. The number of hydrogen-bond donors (Lipinski definition) is 2. The first kappa shape index (κ1) is 14.7. The molecule has 1 aliphatic heterocycles. The Morgan fingerprint density at radius 1 is 1.29 bits per heavy atom. The van der Waals surface area contributed by atoms with Crippen molar-refractivity contribution in [2.24, 2.45) is 0 Å². The van der Waals surface area contributed by atoms with E-state index in [1.165, 1.54) is 12.1 Å². The van der Waals surface area contributed by atoms with E-state index in [0.717, 1.165) is 11.1 Å². The molecule has 0 saturated carbocycles. The van der Waals surface area contributed by atoms with E-state index in [4.69, 9.17) is 23.2 Å². The van der Waals surface area contributed by atoms with E-state index in [9.17, 15) is 9.50 Å². The molecule has 0 unspecified atom stereocenters. The van der Waals surface area contributed by atoms with Crippen molar-refractivity contribution < 1.29 is 9.50 Å². The largest absolute Gasteiger partial charge is 0.395 e. The molecule has 2 atom stereocenters. The highest BCUT2D eigenvalue weighted by molar-refractivity contribution is 6.30. The summed E-state index contributed by atoms with van der Waals surface area (Å²) in [7, 11) is 0. The monoisotopic (exact) mass is 326 g/mol. The van der Waals surface area contributed by atoms with Crippen molar-refractivity contribution in [3.05, 3.63) is 63.1 Å². The van der Waals surface area contributed by atoms with Crippen LogP contribution >= 0.6 is 23.2 Å². The van der Waals surface area contributed by atoms with Crippen LogP contribution in [0.25, 0.3) is 0 Å². The number of aliphatic hydroxyl groups excluding tert-OH is 1. The third-order valence-electron chi connectivity index (χ3n) is 3.61. The van der Waals surface area contributed by atoms with Crippen LogP contribution in [0.15, 0.2) is 30.5 Å². The van der Waals surface area contributed by atoms with Crippen molar-refractivity contribution in [3.63, 3.8) is 0 Å². The van der Waals surface area contributed by atoms with Gasteiger partial charge in [-0.3, -0.25) is 0 Å². The summed E-state index contributed by atoms with van der Waals surface area (Å²) in [5, 5.41) is 13.5. The molecular formula is C15H13Cl2FN2O. The lowest BCUT2D eigenvalue weighted by atomic mass is 9.88. The van der Waals surface area contributed by atoms with E-state index >= 15 is 0 Å². The number of nitrogens with zero attached hydrogens (tertiary/aromatic N) is 1. The molecule has 0 spiro atoms. The lowest BCUT2D eigenvalue weighted by Gasteiger charge is -2.32. The number of benzene rings is 1. The number of aromatic nitrogens is 1. The van der Waals surface area contributed by atoms with Gasteiger partial charge in [0.25, 0.3) is 0 Å². The summed E-state index contributed by atoms with van der Waals surface area (Å²) >= 11 is 11.9. The predicted molar refractivity (Wildman–Crippen MR) is 80.2 cm³/mol. The molecule has 6 heteroatoms. The minimum absolute atomic E-state index is 0.0150. The molecule has 3 nitrogen and oxygen atoms in total. The Balaban J connectivity index is 2.09. The molecular weight excluding hydrogens is 314 g/mol. The van der Waals surface area contributed by atoms with E-state index in [-0.39, 0.29) is 18.7 Å². The molecule has 2 aromatic rings. The van der Waals surface area contributed by atoms with Crippen LogP contribution in [-0.4, -0.2) is 22.7 Å². The van der Waals surface area contributed by atoms with Gasteiger partial charge in [-0.1, -0.05) is 23.2 Å². The van der Waals surface area contributed by atoms with E-state index < -0.39 is 5.82 Å². The quantitative estimate of drug-likeness (QED) is 0.833. The smallest absolute Gasteiger partial charge is 0.129 e. The maximum Gasteiger partial charge on any atom is 0.129 e. The third kappa shape index (κ3) is 3.04. The Labute approximate surface area is 131 Å². The molecule has 1 aliphatic rings. The van der Waals surface area contributed by atoms with Crippen LogP contribution in [0, 0.1) is 5.82 Å². The SMILES string of the molecule is OC[C@@H]1Cc2cc(Cl)ncc2[C@H](c2cc(F)cc(Cl)c2)N1. The van der Waals surface area contributed by atoms with Gasteiger partial charge in [0, 0.05) is 17.3 Å². The lowest BCUT2D eigenvalue weighted by molar-refractivity contribution is 0.228. The summed E-state index contributed by atoms with van der Waals surface area (Å²) in [6, 6.07) is 5.79. The van der Waals surface area contributed by atoms with E-state index in [0.29, 0.717) is 22.2 Å². The van der Waals surface area contributed by atoms with Gasteiger partial charge in [0.2, 0.25) is 0 Å². The number of pyridine rings is 1. The van der Waals surface area contributed by atoms with Crippen LogP contribution < -0.4 is 5.32 Å².